The summed E-state index contributed by atoms with van der Waals surface area (Å²) in [5.41, 5.74) is 7.49. The SMILES string of the molecule is COc1ccc(Cl)cc1-c1cccnc1N. The Kier molecular flexibility index (Phi) is 2.97. The van der Waals surface area contributed by atoms with Crippen molar-refractivity contribution in [2.45, 2.75) is 0 Å². The standard InChI is InChI=1S/C12H11ClN2O/c1-16-11-5-4-8(13)7-10(11)9-3-2-6-15-12(9)14/h2-7H,1H3,(H2,14,15). The number of nitrogens with zero attached hydrogens (tertiary/aromatic N) is 1. The third-order valence-electron chi connectivity index (χ3n) is 2.29. The third-order valence-corrected chi connectivity index (χ3v) is 2.53. The van der Waals surface area contributed by atoms with Crippen LogP contribution in [0.15, 0.2) is 36.5 Å². The van der Waals surface area contributed by atoms with Gasteiger partial charge in [-0.3, -0.25) is 0 Å². The fraction of sp³-hybridized carbons (Fsp3) is 0.0833. The van der Waals surface area contributed by atoms with Crippen LogP contribution >= 0.6 is 11.6 Å². The van der Waals surface area contributed by atoms with E-state index in [0.29, 0.717) is 10.8 Å². The first-order valence-electron chi connectivity index (χ1n) is 4.77. The number of hydrogen-bond acceptors (Lipinski definition) is 3. The molecule has 4 heteroatoms. The molecule has 0 saturated carbocycles. The number of hydrogen-bond donors (Lipinski definition) is 1. The van der Waals surface area contributed by atoms with Gasteiger partial charge in [-0.15, -0.1) is 0 Å². The molecule has 0 saturated heterocycles. The van der Waals surface area contributed by atoms with Gasteiger partial charge >= 0.3 is 0 Å². The molecule has 0 aliphatic carbocycles. The van der Waals surface area contributed by atoms with Gasteiger partial charge in [0.15, 0.2) is 0 Å². The molecule has 0 spiro atoms. The summed E-state index contributed by atoms with van der Waals surface area (Å²) in [7, 11) is 1.61. The number of ether oxygens (including phenoxy) is 1. The van der Waals surface area contributed by atoms with Crippen LogP contribution < -0.4 is 10.5 Å². The Bertz CT molecular complexity index is 514. The average molecular weight is 235 g/mol. The van der Waals surface area contributed by atoms with Crippen LogP contribution in [0.25, 0.3) is 11.1 Å². The van der Waals surface area contributed by atoms with Gasteiger partial charge in [-0.25, -0.2) is 4.98 Å². The summed E-state index contributed by atoms with van der Waals surface area (Å²) in [5.74, 6) is 1.19. The van der Waals surface area contributed by atoms with E-state index >= 15 is 0 Å². The first-order valence-corrected chi connectivity index (χ1v) is 5.14. The van der Waals surface area contributed by atoms with E-state index in [4.69, 9.17) is 22.1 Å². The summed E-state index contributed by atoms with van der Waals surface area (Å²) in [6.45, 7) is 0. The first-order chi connectivity index (χ1) is 7.72. The molecule has 0 bridgehead atoms. The maximum absolute atomic E-state index is 5.96. The Hall–Kier alpha value is -1.74. The lowest BCUT2D eigenvalue weighted by Crippen LogP contribution is -1.95. The smallest absolute Gasteiger partial charge is 0.131 e. The molecule has 0 aliphatic heterocycles. The van der Waals surface area contributed by atoms with E-state index in [0.717, 1.165) is 16.9 Å². The van der Waals surface area contributed by atoms with Crippen LogP contribution in [-0.4, -0.2) is 12.1 Å². The van der Waals surface area contributed by atoms with Crippen molar-refractivity contribution in [3.05, 3.63) is 41.6 Å². The van der Waals surface area contributed by atoms with Crippen molar-refractivity contribution >= 4 is 17.4 Å². The number of rotatable bonds is 2. The summed E-state index contributed by atoms with van der Waals surface area (Å²) in [5, 5.41) is 0.638. The summed E-state index contributed by atoms with van der Waals surface area (Å²) < 4.78 is 5.27. The second kappa shape index (κ2) is 4.41. The van der Waals surface area contributed by atoms with Crippen LogP contribution in [0.1, 0.15) is 0 Å². The van der Waals surface area contributed by atoms with Crippen molar-refractivity contribution in [1.82, 2.24) is 4.98 Å². The number of pyridine rings is 1. The van der Waals surface area contributed by atoms with Crippen molar-refractivity contribution in [3.63, 3.8) is 0 Å². The maximum atomic E-state index is 5.96. The fourth-order valence-corrected chi connectivity index (χ4v) is 1.71. The molecule has 0 radical (unpaired) electrons. The predicted molar refractivity (Wildman–Crippen MR) is 65.6 cm³/mol. The third kappa shape index (κ3) is 1.95. The molecule has 0 fully saturated rings. The molecule has 3 nitrogen and oxygen atoms in total. The molecule has 1 heterocycles. The molecule has 82 valence electrons. The molecule has 0 unspecified atom stereocenters. The van der Waals surface area contributed by atoms with E-state index in [9.17, 15) is 0 Å². The lowest BCUT2D eigenvalue weighted by molar-refractivity contribution is 0.416. The number of aromatic nitrogens is 1. The van der Waals surface area contributed by atoms with Crippen molar-refractivity contribution in [1.29, 1.82) is 0 Å². The highest BCUT2D eigenvalue weighted by molar-refractivity contribution is 6.31. The molecule has 2 aromatic rings. The molecule has 2 rings (SSSR count). The van der Waals surface area contributed by atoms with Crippen LogP contribution in [0.5, 0.6) is 5.75 Å². The zero-order valence-electron chi connectivity index (χ0n) is 8.77. The molecule has 1 aromatic heterocycles. The number of nitrogen functional groups attached to an aromatic ring is 1. The molecule has 0 aliphatic rings. The molecule has 0 amide bonds. The van der Waals surface area contributed by atoms with E-state index in [1.165, 1.54) is 0 Å². The molecule has 0 atom stereocenters. The fourth-order valence-electron chi connectivity index (χ4n) is 1.54. The highest BCUT2D eigenvalue weighted by Gasteiger charge is 2.09. The summed E-state index contributed by atoms with van der Waals surface area (Å²) in [4.78, 5) is 4.04. The molecular formula is C12H11ClN2O. The van der Waals surface area contributed by atoms with Gasteiger partial charge in [-0.1, -0.05) is 11.6 Å². The lowest BCUT2D eigenvalue weighted by atomic mass is 10.1. The van der Waals surface area contributed by atoms with Gasteiger partial charge in [-0.2, -0.15) is 0 Å². The minimum absolute atomic E-state index is 0.461. The predicted octanol–water partition coefficient (Wildman–Crippen LogP) is 2.99. The maximum Gasteiger partial charge on any atom is 0.131 e. The minimum Gasteiger partial charge on any atom is -0.496 e. The Morgan fingerprint density at radius 2 is 2.06 bits per heavy atom. The van der Waals surface area contributed by atoms with Crippen LogP contribution in [0, 0.1) is 0 Å². The van der Waals surface area contributed by atoms with Gasteiger partial charge in [0, 0.05) is 22.3 Å². The van der Waals surface area contributed by atoms with Crippen LogP contribution in [-0.2, 0) is 0 Å². The number of methoxy groups -OCH3 is 1. The zero-order chi connectivity index (χ0) is 11.5. The average Bonchev–Trinajstić information content (AvgIpc) is 2.29. The van der Waals surface area contributed by atoms with Gasteiger partial charge in [-0.05, 0) is 30.3 Å². The summed E-state index contributed by atoms with van der Waals surface area (Å²) >= 11 is 5.96. The lowest BCUT2D eigenvalue weighted by Gasteiger charge is -2.10. The van der Waals surface area contributed by atoms with Crippen LogP contribution in [0.2, 0.25) is 5.02 Å². The summed E-state index contributed by atoms with van der Waals surface area (Å²) in [6.07, 6.45) is 1.65. The highest BCUT2D eigenvalue weighted by Crippen LogP contribution is 2.34. The van der Waals surface area contributed by atoms with E-state index in [1.807, 2.05) is 24.3 Å². The second-order valence-electron chi connectivity index (χ2n) is 3.28. The zero-order valence-corrected chi connectivity index (χ0v) is 9.53. The second-order valence-corrected chi connectivity index (χ2v) is 3.72. The van der Waals surface area contributed by atoms with Crippen molar-refractivity contribution in [2.24, 2.45) is 0 Å². The van der Waals surface area contributed by atoms with Gasteiger partial charge in [0.2, 0.25) is 0 Å². The molecule has 1 aromatic carbocycles. The van der Waals surface area contributed by atoms with Gasteiger partial charge < -0.3 is 10.5 Å². The highest BCUT2D eigenvalue weighted by atomic mass is 35.5. The van der Waals surface area contributed by atoms with E-state index in [2.05, 4.69) is 4.98 Å². The monoisotopic (exact) mass is 234 g/mol. The van der Waals surface area contributed by atoms with Gasteiger partial charge in [0.05, 0.1) is 7.11 Å². The van der Waals surface area contributed by atoms with Crippen molar-refractivity contribution < 1.29 is 4.74 Å². The number of anilines is 1. The Labute approximate surface area is 98.8 Å². The minimum atomic E-state index is 0.461. The molecular weight excluding hydrogens is 224 g/mol. The van der Waals surface area contributed by atoms with Crippen LogP contribution in [0.3, 0.4) is 0 Å². The number of nitrogens with two attached hydrogens (primary N) is 1. The number of halogens is 1. The largest absolute Gasteiger partial charge is 0.496 e. The quantitative estimate of drug-likeness (QED) is 0.869. The van der Waals surface area contributed by atoms with E-state index < -0.39 is 0 Å². The Balaban J connectivity index is 2.63. The van der Waals surface area contributed by atoms with E-state index in [-0.39, 0.29) is 0 Å². The van der Waals surface area contributed by atoms with Crippen LogP contribution in [0.4, 0.5) is 5.82 Å². The van der Waals surface area contributed by atoms with Crippen molar-refractivity contribution in [3.8, 4) is 16.9 Å². The van der Waals surface area contributed by atoms with Gasteiger partial charge in [0.25, 0.3) is 0 Å². The van der Waals surface area contributed by atoms with E-state index in [1.54, 1.807) is 19.4 Å². The molecule has 16 heavy (non-hydrogen) atoms. The van der Waals surface area contributed by atoms with Gasteiger partial charge in [0.1, 0.15) is 11.6 Å². The topological polar surface area (TPSA) is 48.1 Å². The summed E-state index contributed by atoms with van der Waals surface area (Å²) in [6, 6.07) is 9.11. The Morgan fingerprint density at radius 1 is 1.25 bits per heavy atom. The Morgan fingerprint density at radius 3 is 2.75 bits per heavy atom. The van der Waals surface area contributed by atoms with Crippen molar-refractivity contribution in [2.75, 3.05) is 12.8 Å². The number of benzene rings is 1. The normalized spacial score (nSPS) is 10.1. The first kappa shape index (κ1) is 10.8. The molecule has 2 N–H and O–H groups in total.